The minimum absolute atomic E-state index is 0.0379. The maximum atomic E-state index is 10.9. The van der Waals surface area contributed by atoms with Crippen molar-refractivity contribution in [3.63, 3.8) is 0 Å². The normalized spacial score (nSPS) is 27.4. The molecule has 2 atom stereocenters. The average molecular weight is 231 g/mol. The number of rotatable bonds is 2. The van der Waals surface area contributed by atoms with Crippen molar-refractivity contribution in [2.24, 2.45) is 0 Å². The van der Waals surface area contributed by atoms with Gasteiger partial charge in [-0.25, -0.2) is 0 Å². The highest BCUT2D eigenvalue weighted by atomic mass is 35.5. The third kappa shape index (κ3) is 3.00. The van der Waals surface area contributed by atoms with Crippen LogP contribution in [0.25, 0.3) is 0 Å². The fraction of sp³-hybridized carbons (Fsp3) is 0.364. The molecule has 1 rings (SSSR count). The molecule has 0 fully saturated rings. The molecule has 76 valence electrons. The van der Waals surface area contributed by atoms with E-state index < -0.39 is 0 Å². The van der Waals surface area contributed by atoms with E-state index in [1.807, 2.05) is 25.2 Å². The predicted octanol–water partition coefficient (Wildman–Crippen LogP) is 3.23. The van der Waals surface area contributed by atoms with Crippen LogP contribution in [-0.2, 0) is 4.79 Å². The summed E-state index contributed by atoms with van der Waals surface area (Å²) in [7, 11) is 0. The maximum absolute atomic E-state index is 10.9. The third-order valence-corrected chi connectivity index (χ3v) is 2.92. The van der Waals surface area contributed by atoms with E-state index >= 15 is 0 Å². The van der Waals surface area contributed by atoms with E-state index in [4.69, 9.17) is 23.2 Å². The van der Waals surface area contributed by atoms with Gasteiger partial charge in [0.1, 0.15) is 0 Å². The Morgan fingerprint density at radius 1 is 1.36 bits per heavy atom. The van der Waals surface area contributed by atoms with Crippen LogP contribution in [0.3, 0.4) is 0 Å². The number of allylic oxidation sites excluding steroid dienone is 6. The van der Waals surface area contributed by atoms with Gasteiger partial charge in [0.15, 0.2) is 5.78 Å². The highest BCUT2D eigenvalue weighted by molar-refractivity contribution is 6.32. The Balaban J connectivity index is 2.86. The van der Waals surface area contributed by atoms with E-state index in [1.54, 1.807) is 6.08 Å². The summed E-state index contributed by atoms with van der Waals surface area (Å²) in [5, 5.41) is -0.363. The summed E-state index contributed by atoms with van der Waals surface area (Å²) in [6.07, 6.45) is 7.19. The Bertz CT molecular complexity index is 326. The van der Waals surface area contributed by atoms with Crippen LogP contribution in [0.4, 0.5) is 0 Å². The van der Waals surface area contributed by atoms with Gasteiger partial charge in [-0.1, -0.05) is 18.2 Å². The van der Waals surface area contributed by atoms with Crippen molar-refractivity contribution in [1.82, 2.24) is 0 Å². The fourth-order valence-corrected chi connectivity index (χ4v) is 1.64. The van der Waals surface area contributed by atoms with Gasteiger partial charge in [-0.3, -0.25) is 4.79 Å². The molecule has 0 aromatic rings. The minimum Gasteiger partial charge on any atom is -0.295 e. The molecular formula is C11H12Cl2O. The molecule has 3 heteroatoms. The van der Waals surface area contributed by atoms with Crippen LogP contribution in [-0.4, -0.2) is 16.5 Å². The van der Waals surface area contributed by atoms with E-state index in [0.717, 1.165) is 11.1 Å². The molecule has 2 unspecified atom stereocenters. The van der Waals surface area contributed by atoms with Crippen molar-refractivity contribution in [3.8, 4) is 0 Å². The summed E-state index contributed by atoms with van der Waals surface area (Å²) in [4.78, 5) is 10.9. The van der Waals surface area contributed by atoms with Crippen LogP contribution in [0.1, 0.15) is 13.8 Å². The van der Waals surface area contributed by atoms with E-state index in [2.05, 4.69) is 0 Å². The van der Waals surface area contributed by atoms with Gasteiger partial charge >= 0.3 is 0 Å². The average Bonchev–Trinajstić information content (AvgIpc) is 2.08. The largest absolute Gasteiger partial charge is 0.295 e. The quantitative estimate of drug-likeness (QED) is 0.526. The summed E-state index contributed by atoms with van der Waals surface area (Å²) < 4.78 is 0. The standard InChI is InChI=1S/C11H12Cl2O/c1-7(5-8(2)14)9-3-4-10(12)11(13)6-9/h3-6,10-11H,1-2H3. The van der Waals surface area contributed by atoms with Crippen molar-refractivity contribution in [1.29, 1.82) is 0 Å². The highest BCUT2D eigenvalue weighted by Crippen LogP contribution is 2.24. The van der Waals surface area contributed by atoms with Crippen LogP contribution in [0.2, 0.25) is 0 Å². The van der Waals surface area contributed by atoms with Gasteiger partial charge in [-0.05, 0) is 31.1 Å². The summed E-state index contributed by atoms with van der Waals surface area (Å²) in [5.41, 5.74) is 1.89. The first-order valence-corrected chi connectivity index (χ1v) is 5.25. The van der Waals surface area contributed by atoms with Gasteiger partial charge < -0.3 is 0 Å². The molecule has 0 radical (unpaired) electrons. The van der Waals surface area contributed by atoms with Crippen molar-refractivity contribution >= 4 is 29.0 Å². The van der Waals surface area contributed by atoms with E-state index in [0.29, 0.717) is 0 Å². The first-order chi connectivity index (χ1) is 6.50. The first kappa shape index (κ1) is 11.5. The summed E-state index contributed by atoms with van der Waals surface area (Å²) in [6, 6.07) is 0. The Morgan fingerprint density at radius 2 is 2.00 bits per heavy atom. The van der Waals surface area contributed by atoms with Crippen molar-refractivity contribution in [2.45, 2.75) is 24.6 Å². The molecule has 0 spiro atoms. The van der Waals surface area contributed by atoms with E-state index in [-0.39, 0.29) is 16.5 Å². The Hall–Kier alpha value is -0.530. The van der Waals surface area contributed by atoms with Crippen molar-refractivity contribution < 1.29 is 4.79 Å². The number of carbonyl (C=O) groups excluding carboxylic acids is 1. The zero-order valence-corrected chi connectivity index (χ0v) is 9.64. The summed E-state index contributed by atoms with van der Waals surface area (Å²) in [5.74, 6) is 0.0379. The Kier molecular flexibility index (Phi) is 3.97. The zero-order valence-electron chi connectivity index (χ0n) is 8.13. The van der Waals surface area contributed by atoms with Gasteiger partial charge in [0.25, 0.3) is 0 Å². The molecule has 1 aliphatic carbocycles. The smallest absolute Gasteiger partial charge is 0.152 e. The lowest BCUT2D eigenvalue weighted by Gasteiger charge is -2.15. The number of halogens is 2. The zero-order chi connectivity index (χ0) is 10.7. The summed E-state index contributed by atoms with van der Waals surface area (Å²) >= 11 is 11.9. The predicted molar refractivity (Wildman–Crippen MR) is 60.9 cm³/mol. The molecule has 14 heavy (non-hydrogen) atoms. The molecule has 1 aliphatic rings. The van der Waals surface area contributed by atoms with Gasteiger partial charge in [-0.2, -0.15) is 0 Å². The van der Waals surface area contributed by atoms with Crippen LogP contribution in [0.5, 0.6) is 0 Å². The summed E-state index contributed by atoms with van der Waals surface area (Å²) in [6.45, 7) is 3.41. The monoisotopic (exact) mass is 230 g/mol. The van der Waals surface area contributed by atoms with Crippen LogP contribution < -0.4 is 0 Å². The third-order valence-electron chi connectivity index (χ3n) is 1.98. The molecular weight excluding hydrogens is 219 g/mol. The first-order valence-electron chi connectivity index (χ1n) is 4.38. The van der Waals surface area contributed by atoms with E-state index in [9.17, 15) is 4.79 Å². The Labute approximate surface area is 94.1 Å². The van der Waals surface area contributed by atoms with Crippen molar-refractivity contribution in [3.05, 3.63) is 35.5 Å². The maximum Gasteiger partial charge on any atom is 0.152 e. The molecule has 1 nitrogen and oxygen atoms in total. The lowest BCUT2D eigenvalue weighted by Crippen LogP contribution is -2.13. The second-order valence-electron chi connectivity index (χ2n) is 3.31. The number of hydrogen-bond acceptors (Lipinski definition) is 1. The van der Waals surface area contributed by atoms with Gasteiger partial charge in [-0.15, -0.1) is 23.2 Å². The lowest BCUT2D eigenvalue weighted by molar-refractivity contribution is -0.112. The SMILES string of the molecule is CC(=O)C=C(C)C1=CC(Cl)C(Cl)C=C1. The Morgan fingerprint density at radius 3 is 2.50 bits per heavy atom. The van der Waals surface area contributed by atoms with Crippen LogP contribution in [0, 0.1) is 0 Å². The molecule has 0 aliphatic heterocycles. The molecule has 0 bridgehead atoms. The van der Waals surface area contributed by atoms with Gasteiger partial charge in [0, 0.05) is 0 Å². The number of alkyl halides is 2. The second-order valence-corrected chi connectivity index (χ2v) is 4.32. The molecule has 0 aromatic carbocycles. The highest BCUT2D eigenvalue weighted by Gasteiger charge is 2.16. The number of ketones is 1. The van der Waals surface area contributed by atoms with E-state index in [1.165, 1.54) is 6.92 Å². The minimum atomic E-state index is -0.202. The fourth-order valence-electron chi connectivity index (χ4n) is 1.27. The molecule has 0 saturated heterocycles. The molecule has 0 heterocycles. The number of carbonyl (C=O) groups is 1. The lowest BCUT2D eigenvalue weighted by atomic mass is 9.99. The molecule has 0 aromatic heterocycles. The topological polar surface area (TPSA) is 17.1 Å². The van der Waals surface area contributed by atoms with Crippen molar-refractivity contribution in [2.75, 3.05) is 0 Å². The molecule has 0 amide bonds. The molecule has 0 N–H and O–H groups in total. The van der Waals surface area contributed by atoms with Crippen LogP contribution in [0.15, 0.2) is 35.5 Å². The second kappa shape index (κ2) is 4.81. The number of hydrogen-bond donors (Lipinski definition) is 0. The van der Waals surface area contributed by atoms with Gasteiger partial charge in [0.2, 0.25) is 0 Å². The molecule has 0 saturated carbocycles. The van der Waals surface area contributed by atoms with Crippen LogP contribution >= 0.6 is 23.2 Å². The van der Waals surface area contributed by atoms with Gasteiger partial charge in [0.05, 0.1) is 10.8 Å².